The van der Waals surface area contributed by atoms with Gasteiger partial charge in [-0.05, 0) is 24.6 Å². The van der Waals surface area contributed by atoms with Gasteiger partial charge in [0.2, 0.25) is 0 Å². The zero-order valence-corrected chi connectivity index (χ0v) is 9.50. The minimum Gasteiger partial charge on any atom is -0.389 e. The number of nitrogens with zero attached hydrogens (tertiary/aromatic N) is 5. The molecule has 6 nitrogen and oxygen atoms in total. The third-order valence-corrected chi connectivity index (χ3v) is 3.91. The number of hydrogen-bond donors (Lipinski definition) is 1. The molecule has 1 N–H and O–H groups in total. The maximum absolute atomic E-state index is 10.7. The standard InChI is InChI=1S/C10H17N5O/c1-14-12-9(11-13-14)6-10(16)3-5-15-4-2-8(10)7-15/h8,16H,2-7H2,1H3. The summed E-state index contributed by atoms with van der Waals surface area (Å²) >= 11 is 0. The number of aliphatic hydroxyl groups is 1. The highest BCUT2D eigenvalue weighted by Gasteiger charge is 2.45. The van der Waals surface area contributed by atoms with E-state index >= 15 is 0 Å². The predicted octanol–water partition coefficient (Wildman–Crippen LogP) is -0.791. The van der Waals surface area contributed by atoms with Crippen LogP contribution in [0.3, 0.4) is 0 Å². The zero-order valence-electron chi connectivity index (χ0n) is 9.50. The number of piperidine rings is 1. The second-order valence-electron chi connectivity index (χ2n) is 5.01. The molecule has 2 aliphatic rings. The summed E-state index contributed by atoms with van der Waals surface area (Å²) in [7, 11) is 1.75. The van der Waals surface area contributed by atoms with Crippen molar-refractivity contribution in [3.05, 3.63) is 5.82 Å². The van der Waals surface area contributed by atoms with Crippen LogP contribution in [0.5, 0.6) is 0 Å². The molecule has 0 spiro atoms. The van der Waals surface area contributed by atoms with Gasteiger partial charge in [0.05, 0.1) is 12.6 Å². The number of hydrogen-bond acceptors (Lipinski definition) is 5. The Hall–Kier alpha value is -1.01. The van der Waals surface area contributed by atoms with Crippen molar-refractivity contribution in [2.75, 3.05) is 19.6 Å². The van der Waals surface area contributed by atoms with Crippen molar-refractivity contribution in [2.24, 2.45) is 13.0 Å². The van der Waals surface area contributed by atoms with Crippen LogP contribution in [-0.2, 0) is 13.5 Å². The van der Waals surface area contributed by atoms with Gasteiger partial charge in [0.1, 0.15) is 0 Å². The Bertz CT molecular complexity index is 392. The van der Waals surface area contributed by atoms with E-state index in [-0.39, 0.29) is 0 Å². The first kappa shape index (κ1) is 10.2. The van der Waals surface area contributed by atoms with Crippen LogP contribution in [0.2, 0.25) is 0 Å². The first-order chi connectivity index (χ1) is 7.66. The summed E-state index contributed by atoms with van der Waals surface area (Å²) in [5.74, 6) is 1.04. The molecule has 0 aliphatic carbocycles. The molecule has 3 atom stereocenters. The Morgan fingerprint density at radius 2 is 2.38 bits per heavy atom. The van der Waals surface area contributed by atoms with Crippen molar-refractivity contribution in [1.82, 2.24) is 25.1 Å². The normalized spacial score (nSPS) is 37.9. The van der Waals surface area contributed by atoms with E-state index in [0.29, 0.717) is 18.2 Å². The average Bonchev–Trinajstić information content (AvgIpc) is 2.82. The van der Waals surface area contributed by atoms with Gasteiger partial charge in [0.25, 0.3) is 0 Å². The molecule has 3 rings (SSSR count). The van der Waals surface area contributed by atoms with Crippen LogP contribution in [0.15, 0.2) is 0 Å². The molecule has 3 heterocycles. The Morgan fingerprint density at radius 1 is 1.50 bits per heavy atom. The molecule has 88 valence electrons. The smallest absolute Gasteiger partial charge is 0.177 e. The number of fused-ring (bicyclic) bond motifs is 2. The van der Waals surface area contributed by atoms with Crippen LogP contribution in [0.1, 0.15) is 18.7 Å². The molecule has 2 bridgehead atoms. The summed E-state index contributed by atoms with van der Waals surface area (Å²) in [5, 5.41) is 22.6. The molecule has 2 fully saturated rings. The van der Waals surface area contributed by atoms with Crippen LogP contribution in [0.4, 0.5) is 0 Å². The fourth-order valence-electron chi connectivity index (χ4n) is 2.93. The number of aromatic nitrogens is 4. The van der Waals surface area contributed by atoms with Crippen LogP contribution in [-0.4, -0.2) is 55.4 Å². The van der Waals surface area contributed by atoms with E-state index in [4.69, 9.17) is 0 Å². The van der Waals surface area contributed by atoms with E-state index in [1.165, 1.54) is 4.80 Å². The van der Waals surface area contributed by atoms with Gasteiger partial charge in [-0.25, -0.2) is 0 Å². The van der Waals surface area contributed by atoms with Crippen molar-refractivity contribution in [1.29, 1.82) is 0 Å². The number of tetrazole rings is 1. The van der Waals surface area contributed by atoms with Crippen molar-refractivity contribution < 1.29 is 5.11 Å². The van der Waals surface area contributed by atoms with Gasteiger partial charge in [-0.3, -0.25) is 0 Å². The van der Waals surface area contributed by atoms with Crippen molar-refractivity contribution >= 4 is 0 Å². The maximum atomic E-state index is 10.7. The van der Waals surface area contributed by atoms with Crippen LogP contribution >= 0.6 is 0 Å². The molecule has 0 radical (unpaired) electrons. The third kappa shape index (κ3) is 1.62. The Morgan fingerprint density at radius 3 is 3.12 bits per heavy atom. The van der Waals surface area contributed by atoms with Gasteiger partial charge in [0.15, 0.2) is 5.82 Å². The van der Waals surface area contributed by atoms with E-state index in [1.807, 2.05) is 0 Å². The molecule has 0 saturated carbocycles. The first-order valence-corrected chi connectivity index (χ1v) is 5.83. The topological polar surface area (TPSA) is 67.1 Å². The Labute approximate surface area is 94.2 Å². The molecule has 2 aliphatic heterocycles. The molecule has 2 saturated heterocycles. The summed E-state index contributed by atoms with van der Waals surface area (Å²) in [4.78, 5) is 3.87. The van der Waals surface area contributed by atoms with E-state index in [0.717, 1.165) is 32.5 Å². The average molecular weight is 223 g/mol. The Kier molecular flexibility index (Phi) is 2.22. The summed E-state index contributed by atoms with van der Waals surface area (Å²) in [6.45, 7) is 3.14. The van der Waals surface area contributed by atoms with Gasteiger partial charge >= 0.3 is 0 Å². The van der Waals surface area contributed by atoms with Gasteiger partial charge < -0.3 is 10.0 Å². The summed E-state index contributed by atoms with van der Waals surface area (Å²) in [6, 6.07) is 0. The van der Waals surface area contributed by atoms with Gasteiger partial charge in [-0.15, -0.1) is 10.2 Å². The second-order valence-corrected chi connectivity index (χ2v) is 5.01. The minimum atomic E-state index is -0.615. The largest absolute Gasteiger partial charge is 0.389 e. The van der Waals surface area contributed by atoms with Gasteiger partial charge in [-0.2, -0.15) is 4.80 Å². The summed E-state index contributed by atoms with van der Waals surface area (Å²) in [6.07, 6.45) is 2.46. The highest BCUT2D eigenvalue weighted by molar-refractivity contribution is 5.02. The summed E-state index contributed by atoms with van der Waals surface area (Å²) < 4.78 is 0. The fraction of sp³-hybridized carbons (Fsp3) is 0.900. The lowest BCUT2D eigenvalue weighted by molar-refractivity contribution is -0.0453. The highest BCUT2D eigenvalue weighted by Crippen LogP contribution is 2.37. The lowest BCUT2D eigenvalue weighted by Gasteiger charge is -2.37. The van der Waals surface area contributed by atoms with Crippen molar-refractivity contribution in [2.45, 2.75) is 24.9 Å². The molecule has 0 amide bonds. The molecule has 1 aromatic heterocycles. The van der Waals surface area contributed by atoms with Gasteiger partial charge in [0, 0.05) is 25.4 Å². The van der Waals surface area contributed by atoms with E-state index in [1.54, 1.807) is 7.05 Å². The van der Waals surface area contributed by atoms with Crippen LogP contribution < -0.4 is 0 Å². The maximum Gasteiger partial charge on any atom is 0.177 e. The predicted molar refractivity (Wildman–Crippen MR) is 56.6 cm³/mol. The van der Waals surface area contributed by atoms with Gasteiger partial charge in [-0.1, -0.05) is 0 Å². The molecule has 16 heavy (non-hydrogen) atoms. The quantitative estimate of drug-likeness (QED) is 0.711. The van der Waals surface area contributed by atoms with E-state index < -0.39 is 5.60 Å². The lowest BCUT2D eigenvalue weighted by atomic mass is 9.79. The molecule has 6 heteroatoms. The first-order valence-electron chi connectivity index (χ1n) is 5.83. The van der Waals surface area contributed by atoms with E-state index in [2.05, 4.69) is 20.3 Å². The van der Waals surface area contributed by atoms with Crippen molar-refractivity contribution in [3.8, 4) is 0 Å². The molecule has 1 aromatic rings. The molecule has 0 aromatic carbocycles. The summed E-state index contributed by atoms with van der Waals surface area (Å²) in [5.41, 5.74) is -0.615. The fourth-order valence-corrected chi connectivity index (χ4v) is 2.93. The Balaban J connectivity index is 1.77. The number of rotatable bonds is 2. The SMILES string of the molecule is Cn1nnc(CC2(O)CCN3CCC2C3)n1. The lowest BCUT2D eigenvalue weighted by Crippen LogP contribution is -2.48. The third-order valence-electron chi connectivity index (χ3n) is 3.91. The highest BCUT2D eigenvalue weighted by atomic mass is 16.3. The monoisotopic (exact) mass is 223 g/mol. The molecular weight excluding hydrogens is 206 g/mol. The number of aryl methyl sites for hydroxylation is 1. The zero-order chi connectivity index (χ0) is 11.2. The molecule has 3 unspecified atom stereocenters. The van der Waals surface area contributed by atoms with E-state index in [9.17, 15) is 5.11 Å². The second kappa shape index (κ2) is 3.49. The van der Waals surface area contributed by atoms with Crippen LogP contribution in [0, 0.1) is 5.92 Å². The molecular formula is C10H17N5O. The van der Waals surface area contributed by atoms with Crippen molar-refractivity contribution in [3.63, 3.8) is 0 Å². The van der Waals surface area contributed by atoms with Crippen LogP contribution in [0.25, 0.3) is 0 Å². The minimum absolute atomic E-state index is 0.380.